The summed E-state index contributed by atoms with van der Waals surface area (Å²) < 4.78 is 12.5. The van der Waals surface area contributed by atoms with E-state index in [1.807, 2.05) is 0 Å². The molecule has 0 atom stereocenters. The highest BCUT2D eigenvalue weighted by molar-refractivity contribution is 5.52. The summed E-state index contributed by atoms with van der Waals surface area (Å²) in [5, 5.41) is 8.77. The summed E-state index contributed by atoms with van der Waals surface area (Å²) in [7, 11) is 0. The fourth-order valence-electron chi connectivity index (χ4n) is 1.11. The van der Waals surface area contributed by atoms with Crippen molar-refractivity contribution in [3.8, 4) is 11.4 Å². The van der Waals surface area contributed by atoms with Crippen LogP contribution in [-0.2, 0) is 6.61 Å². The molecule has 0 radical (unpaired) electrons. The second-order valence-corrected chi connectivity index (χ2v) is 2.76. The number of H-pyrrole nitrogens is 1. The van der Waals surface area contributed by atoms with Crippen LogP contribution in [-0.4, -0.2) is 20.1 Å². The van der Waals surface area contributed by atoms with Crippen molar-refractivity contribution in [3.63, 3.8) is 0 Å². The Morgan fingerprint density at radius 3 is 2.71 bits per heavy atom. The first-order valence-electron chi connectivity index (χ1n) is 4.06. The molecule has 0 spiro atoms. The van der Waals surface area contributed by atoms with Crippen LogP contribution in [0.3, 0.4) is 0 Å². The summed E-state index contributed by atoms with van der Waals surface area (Å²) in [5.74, 6) is 0.0850. The maximum atomic E-state index is 12.5. The number of pyridine rings is 1. The van der Waals surface area contributed by atoms with Gasteiger partial charge in [0.1, 0.15) is 18.2 Å². The van der Waals surface area contributed by atoms with Gasteiger partial charge in [0.2, 0.25) is 0 Å². The molecule has 2 aromatic heterocycles. The molecular formula is C9H8FN3O. The Balaban J connectivity index is 2.34. The molecule has 0 aliphatic rings. The number of imidazole rings is 1. The molecule has 14 heavy (non-hydrogen) atoms. The molecule has 0 bridgehead atoms. The lowest BCUT2D eigenvalue weighted by Crippen LogP contribution is -1.87. The van der Waals surface area contributed by atoms with Gasteiger partial charge in [-0.05, 0) is 12.1 Å². The quantitative estimate of drug-likeness (QED) is 0.750. The molecule has 72 valence electrons. The topological polar surface area (TPSA) is 61.8 Å². The maximum Gasteiger partial charge on any atom is 0.141 e. The molecule has 5 heteroatoms. The van der Waals surface area contributed by atoms with Gasteiger partial charge in [-0.1, -0.05) is 0 Å². The second-order valence-electron chi connectivity index (χ2n) is 2.76. The maximum absolute atomic E-state index is 12.5. The molecule has 0 aromatic carbocycles. The molecule has 0 aliphatic carbocycles. The first kappa shape index (κ1) is 8.83. The average molecular weight is 193 g/mol. The van der Waals surface area contributed by atoms with Crippen LogP contribution in [0.2, 0.25) is 0 Å². The smallest absolute Gasteiger partial charge is 0.141 e. The van der Waals surface area contributed by atoms with E-state index < -0.39 is 0 Å². The molecule has 2 N–H and O–H groups in total. The van der Waals surface area contributed by atoms with Crippen molar-refractivity contribution in [1.82, 2.24) is 15.0 Å². The van der Waals surface area contributed by atoms with Crippen LogP contribution < -0.4 is 0 Å². The Bertz CT molecular complexity index is 424. The number of aliphatic hydroxyl groups excluding tert-OH is 1. The van der Waals surface area contributed by atoms with Gasteiger partial charge in [0.05, 0.1) is 23.8 Å². The van der Waals surface area contributed by atoms with E-state index in [0.717, 1.165) is 6.20 Å². The predicted molar refractivity (Wildman–Crippen MR) is 47.7 cm³/mol. The normalized spacial score (nSPS) is 10.4. The number of hydrogen-bond donors (Lipinski definition) is 2. The van der Waals surface area contributed by atoms with Crippen LogP contribution in [0.5, 0.6) is 0 Å². The Morgan fingerprint density at radius 2 is 2.14 bits per heavy atom. The summed E-state index contributed by atoms with van der Waals surface area (Å²) in [6, 6.07) is 2.87. The van der Waals surface area contributed by atoms with Crippen molar-refractivity contribution in [3.05, 3.63) is 36.2 Å². The van der Waals surface area contributed by atoms with E-state index in [1.54, 1.807) is 12.3 Å². The average Bonchev–Trinajstić information content (AvgIpc) is 2.67. The van der Waals surface area contributed by atoms with Gasteiger partial charge in [0, 0.05) is 0 Å². The van der Waals surface area contributed by atoms with Gasteiger partial charge in [-0.3, -0.25) is 4.98 Å². The third-order valence-corrected chi connectivity index (χ3v) is 1.78. The largest absolute Gasteiger partial charge is 0.388 e. The van der Waals surface area contributed by atoms with Gasteiger partial charge in [-0.15, -0.1) is 0 Å². The Hall–Kier alpha value is -1.75. The van der Waals surface area contributed by atoms with Crippen LogP contribution in [0, 0.1) is 5.82 Å². The molecule has 0 saturated carbocycles. The first-order chi connectivity index (χ1) is 6.79. The number of rotatable bonds is 2. The van der Waals surface area contributed by atoms with Gasteiger partial charge in [-0.25, -0.2) is 9.37 Å². The van der Waals surface area contributed by atoms with Crippen molar-refractivity contribution in [2.75, 3.05) is 0 Å². The van der Waals surface area contributed by atoms with E-state index in [-0.39, 0.29) is 12.4 Å². The first-order valence-corrected chi connectivity index (χ1v) is 4.06. The number of aromatic nitrogens is 3. The summed E-state index contributed by atoms with van der Waals surface area (Å²) in [4.78, 5) is 10.6. The lowest BCUT2D eigenvalue weighted by molar-refractivity contribution is 0.272. The summed E-state index contributed by atoms with van der Waals surface area (Å²) in [6.07, 6.45) is 2.68. The van der Waals surface area contributed by atoms with E-state index >= 15 is 0 Å². The summed E-state index contributed by atoms with van der Waals surface area (Å²) >= 11 is 0. The SMILES string of the molecule is OCc1ncc(-c2ccc(F)cn2)[nH]1. The standard InChI is InChI=1S/C9H8FN3O/c10-6-1-2-7(11-3-6)8-4-12-9(5-14)13-8/h1-4,14H,5H2,(H,12,13). The zero-order valence-electron chi connectivity index (χ0n) is 7.24. The summed E-state index contributed by atoms with van der Waals surface area (Å²) in [6.45, 7) is -0.152. The third-order valence-electron chi connectivity index (χ3n) is 1.78. The fraction of sp³-hybridized carbons (Fsp3) is 0.111. The number of nitrogens with zero attached hydrogens (tertiary/aromatic N) is 2. The molecule has 0 amide bonds. The zero-order valence-corrected chi connectivity index (χ0v) is 7.24. The number of halogens is 1. The van der Waals surface area contributed by atoms with Crippen molar-refractivity contribution >= 4 is 0 Å². The van der Waals surface area contributed by atoms with E-state index in [4.69, 9.17) is 5.11 Å². The monoisotopic (exact) mass is 193 g/mol. The van der Waals surface area contributed by atoms with Crippen LogP contribution in [0.25, 0.3) is 11.4 Å². The molecule has 0 aliphatic heterocycles. The number of hydrogen-bond acceptors (Lipinski definition) is 3. The minimum absolute atomic E-state index is 0.152. The highest BCUT2D eigenvalue weighted by Gasteiger charge is 2.03. The number of nitrogens with one attached hydrogen (secondary N) is 1. The molecule has 4 nitrogen and oxygen atoms in total. The Labute approximate surface area is 79.5 Å². The van der Waals surface area contributed by atoms with Crippen LogP contribution in [0.1, 0.15) is 5.82 Å². The highest BCUT2D eigenvalue weighted by atomic mass is 19.1. The zero-order chi connectivity index (χ0) is 9.97. The second kappa shape index (κ2) is 3.55. The lowest BCUT2D eigenvalue weighted by atomic mass is 10.3. The summed E-state index contributed by atoms with van der Waals surface area (Å²) in [5.41, 5.74) is 1.26. The number of aliphatic hydroxyl groups is 1. The number of aromatic amines is 1. The van der Waals surface area contributed by atoms with Crippen molar-refractivity contribution in [2.45, 2.75) is 6.61 Å². The van der Waals surface area contributed by atoms with Gasteiger partial charge >= 0.3 is 0 Å². The molecule has 2 rings (SSSR count). The Kier molecular flexibility index (Phi) is 2.24. The molecule has 2 aromatic rings. The van der Waals surface area contributed by atoms with Crippen molar-refractivity contribution in [2.24, 2.45) is 0 Å². The van der Waals surface area contributed by atoms with Gasteiger partial charge in [-0.2, -0.15) is 0 Å². The van der Waals surface area contributed by atoms with E-state index in [0.29, 0.717) is 17.2 Å². The van der Waals surface area contributed by atoms with E-state index in [1.165, 1.54) is 6.07 Å². The minimum Gasteiger partial charge on any atom is -0.388 e. The van der Waals surface area contributed by atoms with E-state index in [9.17, 15) is 4.39 Å². The van der Waals surface area contributed by atoms with Crippen LogP contribution in [0.4, 0.5) is 4.39 Å². The van der Waals surface area contributed by atoms with Gasteiger partial charge < -0.3 is 10.1 Å². The fourth-order valence-corrected chi connectivity index (χ4v) is 1.11. The Morgan fingerprint density at radius 1 is 1.29 bits per heavy atom. The van der Waals surface area contributed by atoms with Crippen LogP contribution in [0.15, 0.2) is 24.5 Å². The molecule has 2 heterocycles. The minimum atomic E-state index is -0.379. The van der Waals surface area contributed by atoms with Gasteiger partial charge in [0.15, 0.2) is 0 Å². The predicted octanol–water partition coefficient (Wildman–Crippen LogP) is 1.10. The molecule has 0 saturated heterocycles. The molecule has 0 unspecified atom stereocenters. The van der Waals surface area contributed by atoms with Crippen LogP contribution >= 0.6 is 0 Å². The highest BCUT2D eigenvalue weighted by Crippen LogP contribution is 2.13. The lowest BCUT2D eigenvalue weighted by Gasteiger charge is -1.95. The van der Waals surface area contributed by atoms with Crippen molar-refractivity contribution in [1.29, 1.82) is 0 Å². The van der Waals surface area contributed by atoms with E-state index in [2.05, 4.69) is 15.0 Å². The third kappa shape index (κ3) is 1.62. The van der Waals surface area contributed by atoms with Crippen molar-refractivity contribution < 1.29 is 9.50 Å². The van der Waals surface area contributed by atoms with Gasteiger partial charge in [0.25, 0.3) is 0 Å². The molecule has 0 fully saturated rings. The molecular weight excluding hydrogens is 185 g/mol.